The number of benzene rings is 2. The van der Waals surface area contributed by atoms with Gasteiger partial charge in [0.2, 0.25) is 0 Å². The number of aryl methyl sites for hydroxylation is 1. The van der Waals surface area contributed by atoms with E-state index in [2.05, 4.69) is 5.32 Å². The molecule has 0 bridgehead atoms. The van der Waals surface area contributed by atoms with E-state index in [1.165, 1.54) is 17.7 Å². The summed E-state index contributed by atoms with van der Waals surface area (Å²) in [5.41, 5.74) is 2.70. The van der Waals surface area contributed by atoms with Crippen molar-refractivity contribution in [3.63, 3.8) is 0 Å². The summed E-state index contributed by atoms with van der Waals surface area (Å²) in [4.78, 5) is 0. The molecule has 3 heteroatoms. The van der Waals surface area contributed by atoms with E-state index >= 15 is 0 Å². The van der Waals surface area contributed by atoms with Crippen molar-refractivity contribution in [3.05, 3.63) is 65.2 Å². The monoisotopic (exact) mass is 233 g/mol. The van der Waals surface area contributed by atoms with E-state index in [9.17, 15) is 8.78 Å². The van der Waals surface area contributed by atoms with E-state index in [1.807, 2.05) is 31.2 Å². The Balaban J connectivity index is 2.04. The molecule has 1 N–H and O–H groups in total. The molecule has 0 spiro atoms. The Morgan fingerprint density at radius 2 is 1.53 bits per heavy atom. The zero-order valence-corrected chi connectivity index (χ0v) is 9.50. The maximum atomic E-state index is 12.9. The van der Waals surface area contributed by atoms with Crippen molar-refractivity contribution in [3.8, 4) is 0 Å². The van der Waals surface area contributed by atoms with Gasteiger partial charge in [-0.3, -0.25) is 0 Å². The number of rotatable bonds is 3. The molecule has 1 nitrogen and oxygen atoms in total. The minimum atomic E-state index is -0.573. The number of hydrogen-bond acceptors (Lipinski definition) is 1. The molecular formula is C14H13F2N. The van der Waals surface area contributed by atoms with Crippen molar-refractivity contribution in [2.75, 3.05) is 5.32 Å². The van der Waals surface area contributed by atoms with E-state index in [0.717, 1.165) is 11.6 Å². The summed E-state index contributed by atoms with van der Waals surface area (Å²) in [5.74, 6) is -1.15. The van der Waals surface area contributed by atoms with Crippen molar-refractivity contribution in [1.82, 2.24) is 0 Å². The fourth-order valence-corrected chi connectivity index (χ4v) is 1.57. The van der Waals surface area contributed by atoms with Gasteiger partial charge in [-0.2, -0.15) is 0 Å². The van der Waals surface area contributed by atoms with Crippen LogP contribution in [0.2, 0.25) is 0 Å². The Morgan fingerprint density at radius 3 is 2.12 bits per heavy atom. The lowest BCUT2D eigenvalue weighted by Crippen LogP contribution is -2.00. The number of anilines is 1. The summed E-state index contributed by atoms with van der Waals surface area (Å²) in [6.07, 6.45) is 0. The Labute approximate surface area is 99.1 Å². The molecule has 88 valence electrons. The van der Waals surface area contributed by atoms with Crippen LogP contribution in [0.5, 0.6) is 0 Å². The van der Waals surface area contributed by atoms with Gasteiger partial charge in [-0.25, -0.2) is 8.78 Å². The lowest BCUT2D eigenvalue weighted by molar-refractivity contribution is 0.584. The van der Waals surface area contributed by atoms with Gasteiger partial charge in [0.1, 0.15) is 11.6 Å². The predicted molar refractivity (Wildman–Crippen MR) is 64.9 cm³/mol. The van der Waals surface area contributed by atoms with E-state index in [0.29, 0.717) is 12.2 Å². The van der Waals surface area contributed by atoms with E-state index in [-0.39, 0.29) is 0 Å². The second-order valence-corrected chi connectivity index (χ2v) is 4.00. The molecule has 0 amide bonds. The smallest absolute Gasteiger partial charge is 0.128 e. The summed E-state index contributed by atoms with van der Waals surface area (Å²) in [6, 6.07) is 11.4. The highest BCUT2D eigenvalue weighted by molar-refractivity contribution is 5.44. The lowest BCUT2D eigenvalue weighted by atomic mass is 10.1. The molecule has 0 saturated heterocycles. The molecular weight excluding hydrogens is 220 g/mol. The average molecular weight is 233 g/mol. The van der Waals surface area contributed by atoms with Gasteiger partial charge >= 0.3 is 0 Å². The van der Waals surface area contributed by atoms with Crippen molar-refractivity contribution in [2.24, 2.45) is 0 Å². The van der Waals surface area contributed by atoms with Crippen LogP contribution in [0.1, 0.15) is 11.1 Å². The minimum absolute atomic E-state index is 0.447. The Kier molecular flexibility index (Phi) is 3.38. The molecule has 0 aliphatic rings. The van der Waals surface area contributed by atoms with Crippen LogP contribution in [0.4, 0.5) is 14.5 Å². The molecule has 0 radical (unpaired) electrons. The van der Waals surface area contributed by atoms with Crippen molar-refractivity contribution in [2.45, 2.75) is 13.5 Å². The normalized spacial score (nSPS) is 10.3. The Bertz CT molecular complexity index is 486. The van der Waals surface area contributed by atoms with E-state index in [4.69, 9.17) is 0 Å². The van der Waals surface area contributed by atoms with Gasteiger partial charge in [-0.15, -0.1) is 0 Å². The molecule has 0 saturated carbocycles. The molecule has 0 unspecified atom stereocenters. The molecule has 0 aliphatic heterocycles. The van der Waals surface area contributed by atoms with Gasteiger partial charge in [0.25, 0.3) is 0 Å². The molecule has 2 aromatic carbocycles. The summed E-state index contributed by atoms with van der Waals surface area (Å²) in [5, 5.41) is 2.98. The Hall–Kier alpha value is -1.90. The quantitative estimate of drug-likeness (QED) is 0.848. The van der Waals surface area contributed by atoms with Gasteiger partial charge in [-0.05, 0) is 24.6 Å². The first-order valence-electron chi connectivity index (χ1n) is 5.39. The zero-order valence-electron chi connectivity index (χ0n) is 9.50. The largest absolute Gasteiger partial charge is 0.381 e. The van der Waals surface area contributed by atoms with Crippen LogP contribution in [0.25, 0.3) is 0 Å². The summed E-state index contributed by atoms with van der Waals surface area (Å²) >= 11 is 0. The lowest BCUT2D eigenvalue weighted by Gasteiger charge is -2.07. The second kappa shape index (κ2) is 4.95. The first kappa shape index (κ1) is 11.6. The average Bonchev–Trinajstić information content (AvgIpc) is 2.27. The predicted octanol–water partition coefficient (Wildman–Crippen LogP) is 3.89. The molecule has 0 heterocycles. The molecule has 0 fully saturated rings. The maximum Gasteiger partial charge on any atom is 0.128 e. The highest BCUT2D eigenvalue weighted by Crippen LogP contribution is 2.14. The molecule has 17 heavy (non-hydrogen) atoms. The van der Waals surface area contributed by atoms with Crippen LogP contribution < -0.4 is 5.32 Å². The first-order valence-corrected chi connectivity index (χ1v) is 5.39. The summed E-state index contributed by atoms with van der Waals surface area (Å²) in [7, 11) is 0. The fraction of sp³-hybridized carbons (Fsp3) is 0.143. The molecule has 0 aromatic heterocycles. The van der Waals surface area contributed by atoms with Gasteiger partial charge in [0, 0.05) is 18.3 Å². The summed E-state index contributed by atoms with van der Waals surface area (Å²) < 4.78 is 25.9. The highest BCUT2D eigenvalue weighted by Gasteiger charge is 2.00. The van der Waals surface area contributed by atoms with E-state index < -0.39 is 11.6 Å². The van der Waals surface area contributed by atoms with Gasteiger partial charge in [0.05, 0.1) is 0 Å². The number of halogens is 2. The Morgan fingerprint density at radius 1 is 0.941 bits per heavy atom. The molecule has 2 rings (SSSR count). The van der Waals surface area contributed by atoms with Crippen LogP contribution in [0, 0.1) is 18.6 Å². The molecule has 0 atom stereocenters. The number of nitrogens with one attached hydrogen (secondary N) is 1. The van der Waals surface area contributed by atoms with Crippen molar-refractivity contribution < 1.29 is 8.78 Å². The first-order chi connectivity index (χ1) is 8.13. The van der Waals surface area contributed by atoms with Gasteiger partial charge in [-0.1, -0.05) is 29.8 Å². The highest BCUT2D eigenvalue weighted by atomic mass is 19.1. The van der Waals surface area contributed by atoms with Crippen LogP contribution in [-0.4, -0.2) is 0 Å². The van der Waals surface area contributed by atoms with Gasteiger partial charge in [0.15, 0.2) is 0 Å². The van der Waals surface area contributed by atoms with Crippen molar-refractivity contribution >= 4 is 5.69 Å². The van der Waals surface area contributed by atoms with E-state index in [1.54, 1.807) is 0 Å². The van der Waals surface area contributed by atoms with Crippen LogP contribution in [0.3, 0.4) is 0 Å². The fourth-order valence-electron chi connectivity index (χ4n) is 1.57. The minimum Gasteiger partial charge on any atom is -0.381 e. The zero-order chi connectivity index (χ0) is 12.3. The third kappa shape index (κ3) is 3.28. The van der Waals surface area contributed by atoms with Crippen LogP contribution in [0.15, 0.2) is 42.5 Å². The number of hydrogen-bond donors (Lipinski definition) is 1. The van der Waals surface area contributed by atoms with Crippen molar-refractivity contribution in [1.29, 1.82) is 0 Å². The van der Waals surface area contributed by atoms with Crippen LogP contribution in [-0.2, 0) is 6.54 Å². The third-order valence-corrected chi connectivity index (χ3v) is 2.48. The second-order valence-electron chi connectivity index (χ2n) is 4.00. The summed E-state index contributed by atoms with van der Waals surface area (Å²) in [6.45, 7) is 2.56. The SMILES string of the molecule is Cc1ccc(CNc2cc(F)cc(F)c2)cc1. The third-order valence-electron chi connectivity index (χ3n) is 2.48. The standard InChI is InChI=1S/C14H13F2N/c1-10-2-4-11(5-3-10)9-17-14-7-12(15)6-13(16)8-14/h2-8,17H,9H2,1H3. The molecule has 2 aromatic rings. The maximum absolute atomic E-state index is 12.9. The molecule has 0 aliphatic carbocycles. The topological polar surface area (TPSA) is 12.0 Å². The van der Waals surface area contributed by atoms with Crippen LogP contribution >= 0.6 is 0 Å². The van der Waals surface area contributed by atoms with Gasteiger partial charge < -0.3 is 5.32 Å².